The van der Waals surface area contributed by atoms with Crippen LogP contribution in [0, 0.1) is 0 Å². The van der Waals surface area contributed by atoms with Gasteiger partial charge in [0.2, 0.25) is 0 Å². The highest BCUT2D eigenvalue weighted by atomic mass is 16.5. The summed E-state index contributed by atoms with van der Waals surface area (Å²) in [6, 6.07) is 16.4. The molecule has 0 amide bonds. The molecule has 0 aliphatic heterocycles. The number of rotatable bonds is 10. The molecule has 3 nitrogen and oxygen atoms in total. The predicted octanol–water partition coefficient (Wildman–Crippen LogP) is 4.86. The first kappa shape index (κ1) is 18.3. The van der Waals surface area contributed by atoms with E-state index in [-0.39, 0.29) is 0 Å². The summed E-state index contributed by atoms with van der Waals surface area (Å²) in [4.78, 5) is 2.24. The van der Waals surface area contributed by atoms with Gasteiger partial charge in [0.25, 0.3) is 0 Å². The molecule has 0 saturated heterocycles. The van der Waals surface area contributed by atoms with Gasteiger partial charge in [0.15, 0.2) is 0 Å². The average Bonchev–Trinajstić information content (AvgIpc) is 2.61. The first-order valence-electron chi connectivity index (χ1n) is 8.71. The molecule has 3 heteroatoms. The first-order valence-corrected chi connectivity index (χ1v) is 8.71. The summed E-state index contributed by atoms with van der Waals surface area (Å²) < 4.78 is 11.0. The Kier molecular flexibility index (Phi) is 7.63. The van der Waals surface area contributed by atoms with Crippen molar-refractivity contribution >= 4 is 0 Å². The molecule has 0 aliphatic rings. The monoisotopic (exact) mass is 327 g/mol. The van der Waals surface area contributed by atoms with Gasteiger partial charge in [-0.2, -0.15) is 0 Å². The van der Waals surface area contributed by atoms with Crippen LogP contribution in [0.15, 0.2) is 48.5 Å². The summed E-state index contributed by atoms with van der Waals surface area (Å²) >= 11 is 0. The minimum absolute atomic E-state index is 0.795. The highest BCUT2D eigenvalue weighted by Gasteiger charge is 2.00. The summed E-state index contributed by atoms with van der Waals surface area (Å²) in [5.74, 6) is 1.82. The second-order valence-corrected chi connectivity index (χ2v) is 6.32. The second-order valence-electron chi connectivity index (χ2n) is 6.32. The molecule has 0 atom stereocenters. The van der Waals surface area contributed by atoms with E-state index in [1.54, 1.807) is 7.11 Å². The maximum absolute atomic E-state index is 5.83. The largest absolute Gasteiger partial charge is 0.497 e. The van der Waals surface area contributed by atoms with Gasteiger partial charge in [-0.05, 0) is 68.9 Å². The van der Waals surface area contributed by atoms with Gasteiger partial charge in [0.1, 0.15) is 11.5 Å². The first-order chi connectivity index (χ1) is 11.7. The van der Waals surface area contributed by atoms with Crippen LogP contribution < -0.4 is 9.47 Å². The molecular weight excluding hydrogens is 298 g/mol. The number of nitrogens with zero attached hydrogens (tertiary/aromatic N) is 1. The van der Waals surface area contributed by atoms with Gasteiger partial charge < -0.3 is 14.4 Å². The third-order valence-electron chi connectivity index (χ3n) is 4.05. The number of hydrogen-bond donors (Lipinski definition) is 0. The number of unbranched alkanes of at least 4 members (excludes halogenated alkanes) is 3. The minimum atomic E-state index is 0.795. The second kappa shape index (κ2) is 9.99. The Bertz CT molecular complexity index is 576. The van der Waals surface area contributed by atoms with Crippen molar-refractivity contribution in [2.24, 2.45) is 0 Å². The van der Waals surface area contributed by atoms with Crippen LogP contribution in [0.4, 0.5) is 0 Å². The van der Waals surface area contributed by atoms with Gasteiger partial charge in [-0.25, -0.2) is 0 Å². The van der Waals surface area contributed by atoms with Crippen LogP contribution in [0.2, 0.25) is 0 Å². The molecule has 24 heavy (non-hydrogen) atoms. The highest BCUT2D eigenvalue weighted by Crippen LogP contribution is 2.24. The van der Waals surface area contributed by atoms with Crippen LogP contribution in [-0.2, 0) is 0 Å². The zero-order valence-corrected chi connectivity index (χ0v) is 15.1. The Morgan fingerprint density at radius 2 is 1.25 bits per heavy atom. The van der Waals surface area contributed by atoms with E-state index in [4.69, 9.17) is 9.47 Å². The van der Waals surface area contributed by atoms with E-state index in [0.717, 1.165) is 24.5 Å². The predicted molar refractivity (Wildman–Crippen MR) is 101 cm³/mol. The van der Waals surface area contributed by atoms with Crippen LogP contribution in [0.25, 0.3) is 11.1 Å². The van der Waals surface area contributed by atoms with Crippen LogP contribution in [0.1, 0.15) is 25.7 Å². The molecule has 2 aromatic carbocycles. The lowest BCUT2D eigenvalue weighted by Gasteiger charge is -2.09. The molecule has 0 spiro atoms. The van der Waals surface area contributed by atoms with Crippen LogP contribution >= 0.6 is 0 Å². The molecule has 0 radical (unpaired) electrons. The van der Waals surface area contributed by atoms with Gasteiger partial charge in [-0.1, -0.05) is 37.1 Å². The fourth-order valence-electron chi connectivity index (χ4n) is 2.60. The SMILES string of the molecule is COc1ccc(-c2ccc(OCCCCCCN(C)C)cc2)cc1. The molecule has 2 rings (SSSR count). The van der Waals surface area contributed by atoms with Gasteiger partial charge >= 0.3 is 0 Å². The zero-order valence-electron chi connectivity index (χ0n) is 15.1. The molecule has 0 aromatic heterocycles. The molecule has 0 unspecified atom stereocenters. The fraction of sp³-hybridized carbons (Fsp3) is 0.429. The minimum Gasteiger partial charge on any atom is -0.497 e. The Balaban J connectivity index is 1.72. The lowest BCUT2D eigenvalue weighted by atomic mass is 10.1. The van der Waals surface area contributed by atoms with Crippen molar-refractivity contribution in [3.05, 3.63) is 48.5 Å². The zero-order chi connectivity index (χ0) is 17.2. The van der Waals surface area contributed by atoms with Crippen molar-refractivity contribution in [3.8, 4) is 22.6 Å². The molecule has 0 bridgehead atoms. The van der Waals surface area contributed by atoms with Gasteiger partial charge in [-0.15, -0.1) is 0 Å². The van der Waals surface area contributed by atoms with Crippen molar-refractivity contribution in [2.45, 2.75) is 25.7 Å². The number of hydrogen-bond acceptors (Lipinski definition) is 3. The van der Waals surface area contributed by atoms with E-state index in [1.807, 2.05) is 24.3 Å². The Morgan fingerprint density at radius 3 is 1.79 bits per heavy atom. The summed E-state index contributed by atoms with van der Waals surface area (Å²) in [6.07, 6.45) is 4.90. The molecule has 0 aliphatic carbocycles. The quantitative estimate of drug-likeness (QED) is 0.582. The van der Waals surface area contributed by atoms with E-state index in [1.165, 1.54) is 36.9 Å². The molecule has 0 saturated carbocycles. The third-order valence-corrected chi connectivity index (χ3v) is 4.05. The number of methoxy groups -OCH3 is 1. The molecule has 0 N–H and O–H groups in total. The van der Waals surface area contributed by atoms with Crippen molar-refractivity contribution < 1.29 is 9.47 Å². The van der Waals surface area contributed by atoms with Crippen molar-refractivity contribution in [1.82, 2.24) is 4.90 Å². The maximum atomic E-state index is 5.83. The lowest BCUT2D eigenvalue weighted by Crippen LogP contribution is -2.12. The van der Waals surface area contributed by atoms with Gasteiger partial charge in [-0.3, -0.25) is 0 Å². The third kappa shape index (κ3) is 6.25. The summed E-state index contributed by atoms with van der Waals surface area (Å²) in [5, 5.41) is 0. The number of ether oxygens (including phenoxy) is 2. The molecular formula is C21H29NO2. The standard InChI is InChI=1S/C21H29NO2/c1-22(2)16-6-4-5-7-17-24-21-14-10-19(11-15-21)18-8-12-20(23-3)13-9-18/h8-15H,4-7,16-17H2,1-3H3. The molecule has 0 fully saturated rings. The van der Waals surface area contributed by atoms with E-state index in [2.05, 4.69) is 43.3 Å². The Hall–Kier alpha value is -2.00. The summed E-state index contributed by atoms with van der Waals surface area (Å²) in [6.45, 7) is 1.97. The maximum Gasteiger partial charge on any atom is 0.119 e. The normalized spacial score (nSPS) is 10.8. The van der Waals surface area contributed by atoms with Crippen molar-refractivity contribution in [3.63, 3.8) is 0 Å². The molecule has 0 heterocycles. The Morgan fingerprint density at radius 1 is 0.708 bits per heavy atom. The van der Waals surface area contributed by atoms with E-state index < -0.39 is 0 Å². The van der Waals surface area contributed by atoms with Crippen molar-refractivity contribution in [2.75, 3.05) is 34.4 Å². The number of benzene rings is 2. The van der Waals surface area contributed by atoms with Gasteiger partial charge in [0.05, 0.1) is 13.7 Å². The molecule has 2 aromatic rings. The van der Waals surface area contributed by atoms with Crippen LogP contribution in [-0.4, -0.2) is 39.3 Å². The van der Waals surface area contributed by atoms with E-state index in [0.29, 0.717) is 0 Å². The smallest absolute Gasteiger partial charge is 0.119 e. The lowest BCUT2D eigenvalue weighted by molar-refractivity contribution is 0.302. The van der Waals surface area contributed by atoms with Crippen molar-refractivity contribution in [1.29, 1.82) is 0 Å². The topological polar surface area (TPSA) is 21.7 Å². The average molecular weight is 327 g/mol. The fourth-order valence-corrected chi connectivity index (χ4v) is 2.60. The Labute approximate surface area is 146 Å². The van der Waals surface area contributed by atoms with E-state index in [9.17, 15) is 0 Å². The van der Waals surface area contributed by atoms with Crippen LogP contribution in [0.5, 0.6) is 11.5 Å². The molecule has 130 valence electrons. The summed E-state index contributed by atoms with van der Waals surface area (Å²) in [7, 11) is 5.93. The highest BCUT2D eigenvalue weighted by molar-refractivity contribution is 5.64. The van der Waals surface area contributed by atoms with Gasteiger partial charge in [0, 0.05) is 0 Å². The summed E-state index contributed by atoms with van der Waals surface area (Å²) in [5.41, 5.74) is 2.37. The van der Waals surface area contributed by atoms with Crippen LogP contribution in [0.3, 0.4) is 0 Å². The van der Waals surface area contributed by atoms with E-state index >= 15 is 0 Å².